The highest BCUT2D eigenvalue weighted by molar-refractivity contribution is 7.89. The lowest BCUT2D eigenvalue weighted by molar-refractivity contribution is -0.384. The van der Waals surface area contributed by atoms with Gasteiger partial charge in [-0.3, -0.25) is 10.1 Å². The normalized spacial score (nSPS) is 12.5. The second-order valence-electron chi connectivity index (χ2n) is 4.86. The monoisotopic (exact) mass is 332 g/mol. The van der Waals surface area contributed by atoms with Crippen LogP contribution in [0.3, 0.4) is 0 Å². The molecule has 1 atom stereocenters. The van der Waals surface area contributed by atoms with Crippen molar-refractivity contribution < 1.29 is 13.3 Å². The summed E-state index contributed by atoms with van der Waals surface area (Å²) < 4.78 is 27.5. The first-order chi connectivity index (χ1) is 10.9. The van der Waals surface area contributed by atoms with Gasteiger partial charge in [-0.1, -0.05) is 36.4 Å². The van der Waals surface area contributed by atoms with E-state index in [0.29, 0.717) is 6.42 Å². The number of rotatable bonds is 7. The number of nitrogens with zero attached hydrogens (tertiary/aromatic N) is 1. The van der Waals surface area contributed by atoms with E-state index in [-0.39, 0.29) is 10.6 Å². The maximum absolute atomic E-state index is 12.5. The highest BCUT2D eigenvalue weighted by atomic mass is 32.2. The number of hydrogen-bond acceptors (Lipinski definition) is 4. The Morgan fingerprint density at radius 2 is 1.74 bits per heavy atom. The van der Waals surface area contributed by atoms with Crippen molar-refractivity contribution in [3.8, 4) is 0 Å². The van der Waals surface area contributed by atoms with Crippen LogP contribution >= 0.6 is 0 Å². The van der Waals surface area contributed by atoms with E-state index in [2.05, 4.69) is 11.3 Å². The van der Waals surface area contributed by atoms with Crippen molar-refractivity contribution in [1.82, 2.24) is 4.72 Å². The van der Waals surface area contributed by atoms with E-state index < -0.39 is 21.0 Å². The van der Waals surface area contributed by atoms with E-state index in [1.165, 1.54) is 24.3 Å². The molecule has 0 aromatic heterocycles. The van der Waals surface area contributed by atoms with Gasteiger partial charge in [0.15, 0.2) is 0 Å². The van der Waals surface area contributed by atoms with Crippen LogP contribution in [0, 0.1) is 10.1 Å². The molecule has 1 N–H and O–H groups in total. The molecule has 0 aliphatic heterocycles. The van der Waals surface area contributed by atoms with Gasteiger partial charge in [0, 0.05) is 12.1 Å². The summed E-state index contributed by atoms with van der Waals surface area (Å²) in [5, 5.41) is 10.6. The van der Waals surface area contributed by atoms with E-state index in [1.54, 1.807) is 6.08 Å². The van der Waals surface area contributed by atoms with Crippen LogP contribution in [-0.4, -0.2) is 13.3 Å². The molecule has 0 aliphatic rings. The first-order valence-electron chi connectivity index (χ1n) is 6.86. The summed E-state index contributed by atoms with van der Waals surface area (Å²) in [4.78, 5) is 10.0. The number of non-ortho nitro benzene ring substituents is 1. The lowest BCUT2D eigenvalue weighted by atomic mass is 10.1. The third-order valence-corrected chi connectivity index (χ3v) is 4.75. The van der Waals surface area contributed by atoms with E-state index in [4.69, 9.17) is 0 Å². The predicted molar refractivity (Wildman–Crippen MR) is 87.4 cm³/mol. The second kappa shape index (κ2) is 7.17. The molecule has 0 radical (unpaired) electrons. The summed E-state index contributed by atoms with van der Waals surface area (Å²) in [5.41, 5.74) is 0.660. The zero-order valence-electron chi connectivity index (χ0n) is 12.3. The molecule has 7 heteroatoms. The summed E-state index contributed by atoms with van der Waals surface area (Å²) in [6, 6.07) is 13.5. The molecule has 23 heavy (non-hydrogen) atoms. The minimum absolute atomic E-state index is 0.0203. The van der Waals surface area contributed by atoms with E-state index in [9.17, 15) is 18.5 Å². The minimum atomic E-state index is -3.79. The molecule has 1 unspecified atom stereocenters. The molecule has 0 bridgehead atoms. The lowest BCUT2D eigenvalue weighted by Gasteiger charge is -2.17. The van der Waals surface area contributed by atoms with E-state index in [0.717, 1.165) is 5.56 Å². The predicted octanol–water partition coefficient (Wildman–Crippen LogP) is 3.19. The summed E-state index contributed by atoms with van der Waals surface area (Å²) in [7, 11) is -3.79. The number of nitro benzene ring substituents is 1. The highest BCUT2D eigenvalue weighted by Crippen LogP contribution is 2.22. The SMILES string of the molecule is C=CCC(NS(=O)(=O)c1ccc([N+](=O)[O-])cc1)c1ccccc1. The molecule has 0 spiro atoms. The van der Waals surface area contributed by atoms with Crippen molar-refractivity contribution >= 4 is 15.7 Å². The first-order valence-corrected chi connectivity index (χ1v) is 8.35. The molecule has 6 nitrogen and oxygen atoms in total. The molecule has 0 heterocycles. The van der Waals surface area contributed by atoms with Crippen LogP contribution in [0.15, 0.2) is 72.1 Å². The zero-order valence-corrected chi connectivity index (χ0v) is 13.1. The average Bonchev–Trinajstić information content (AvgIpc) is 2.55. The van der Waals surface area contributed by atoms with Crippen LogP contribution in [0.5, 0.6) is 0 Å². The fourth-order valence-electron chi connectivity index (χ4n) is 2.11. The number of nitro groups is 1. The number of nitrogens with one attached hydrogen (secondary N) is 1. The molecule has 2 rings (SSSR count). The van der Waals surface area contributed by atoms with Gasteiger partial charge in [0.1, 0.15) is 0 Å². The largest absolute Gasteiger partial charge is 0.269 e. The van der Waals surface area contributed by atoms with Crippen molar-refractivity contribution in [1.29, 1.82) is 0 Å². The van der Waals surface area contributed by atoms with E-state index >= 15 is 0 Å². The second-order valence-corrected chi connectivity index (χ2v) is 6.57. The van der Waals surface area contributed by atoms with Gasteiger partial charge in [0.25, 0.3) is 5.69 Å². The van der Waals surface area contributed by atoms with Gasteiger partial charge < -0.3 is 0 Å². The highest BCUT2D eigenvalue weighted by Gasteiger charge is 2.21. The molecule has 0 amide bonds. The van der Waals surface area contributed by atoms with E-state index in [1.807, 2.05) is 30.3 Å². The van der Waals surface area contributed by atoms with Crippen molar-refractivity contribution in [2.75, 3.05) is 0 Å². The Morgan fingerprint density at radius 1 is 1.13 bits per heavy atom. The molecular formula is C16H16N2O4S. The quantitative estimate of drug-likeness (QED) is 0.479. The summed E-state index contributed by atoms with van der Waals surface area (Å²) in [5.74, 6) is 0. The van der Waals surface area contributed by atoms with Crippen LogP contribution in [0.25, 0.3) is 0 Å². The van der Waals surface area contributed by atoms with Gasteiger partial charge in [0.05, 0.1) is 15.9 Å². The summed E-state index contributed by atoms with van der Waals surface area (Å²) in [6.07, 6.45) is 2.06. The average molecular weight is 332 g/mol. The number of sulfonamides is 1. The van der Waals surface area contributed by atoms with Gasteiger partial charge in [-0.15, -0.1) is 6.58 Å². The maximum Gasteiger partial charge on any atom is 0.269 e. The van der Waals surface area contributed by atoms with Crippen LogP contribution in [0.2, 0.25) is 0 Å². The molecule has 0 fully saturated rings. The molecule has 2 aromatic rings. The molecule has 0 saturated carbocycles. The molecule has 0 aliphatic carbocycles. The van der Waals surface area contributed by atoms with Crippen LogP contribution in [0.1, 0.15) is 18.0 Å². The standard InChI is InChI=1S/C16H16N2O4S/c1-2-6-16(13-7-4-3-5-8-13)17-23(21,22)15-11-9-14(10-12-15)18(19)20/h2-5,7-12,16-17H,1,6H2. The smallest absolute Gasteiger partial charge is 0.258 e. The first kappa shape index (κ1) is 16.9. The van der Waals surface area contributed by atoms with Gasteiger partial charge in [-0.05, 0) is 24.1 Å². The zero-order chi connectivity index (χ0) is 16.9. The topological polar surface area (TPSA) is 89.3 Å². The Bertz CT molecular complexity index is 787. The number of hydrogen-bond donors (Lipinski definition) is 1. The van der Waals surface area contributed by atoms with Gasteiger partial charge in [0.2, 0.25) is 10.0 Å². The van der Waals surface area contributed by atoms with Crippen LogP contribution in [0.4, 0.5) is 5.69 Å². The van der Waals surface area contributed by atoms with Crippen molar-refractivity contribution in [3.05, 3.63) is 82.9 Å². The fraction of sp³-hybridized carbons (Fsp3) is 0.125. The summed E-state index contributed by atoms with van der Waals surface area (Å²) in [6.45, 7) is 3.65. The van der Waals surface area contributed by atoms with Gasteiger partial charge in [-0.2, -0.15) is 0 Å². The maximum atomic E-state index is 12.5. The Kier molecular flexibility index (Phi) is 5.25. The molecular weight excluding hydrogens is 316 g/mol. The third-order valence-electron chi connectivity index (χ3n) is 3.26. The fourth-order valence-corrected chi connectivity index (χ4v) is 3.34. The van der Waals surface area contributed by atoms with Crippen molar-refractivity contribution in [3.63, 3.8) is 0 Å². The molecule has 2 aromatic carbocycles. The Morgan fingerprint density at radius 3 is 2.26 bits per heavy atom. The molecule has 120 valence electrons. The Balaban J connectivity index is 2.27. The van der Waals surface area contributed by atoms with Crippen molar-refractivity contribution in [2.24, 2.45) is 0 Å². The molecule has 0 saturated heterocycles. The minimum Gasteiger partial charge on any atom is -0.258 e. The third kappa shape index (κ3) is 4.24. The summed E-state index contributed by atoms with van der Waals surface area (Å²) >= 11 is 0. The number of benzene rings is 2. The Hall–Kier alpha value is -2.51. The Labute approximate surface area is 134 Å². The van der Waals surface area contributed by atoms with Crippen LogP contribution < -0.4 is 4.72 Å². The van der Waals surface area contributed by atoms with Crippen LogP contribution in [-0.2, 0) is 10.0 Å². The van der Waals surface area contributed by atoms with Gasteiger partial charge in [-0.25, -0.2) is 13.1 Å². The lowest BCUT2D eigenvalue weighted by Crippen LogP contribution is -2.28. The van der Waals surface area contributed by atoms with Crippen molar-refractivity contribution in [2.45, 2.75) is 17.4 Å². The van der Waals surface area contributed by atoms with Gasteiger partial charge >= 0.3 is 0 Å².